The minimum atomic E-state index is -3.47. The molecule has 0 spiro atoms. The van der Waals surface area contributed by atoms with Crippen molar-refractivity contribution in [2.45, 2.75) is 4.21 Å². The minimum Gasteiger partial charge on any atom is -0.382 e. The second-order valence-electron chi connectivity index (χ2n) is 3.73. The molecule has 7 nitrogen and oxygen atoms in total. The topological polar surface area (TPSA) is 93.7 Å². The van der Waals surface area contributed by atoms with Crippen LogP contribution >= 0.6 is 11.3 Å². The van der Waals surface area contributed by atoms with Gasteiger partial charge in [0.25, 0.3) is 0 Å². The quantitative estimate of drug-likeness (QED) is 0.582. The Hall–Kier alpha value is -1.00. The van der Waals surface area contributed by atoms with E-state index in [9.17, 15) is 13.2 Å². The molecule has 0 unspecified atom stereocenters. The van der Waals surface area contributed by atoms with Gasteiger partial charge in [-0.1, -0.05) is 6.07 Å². The molecule has 20 heavy (non-hydrogen) atoms. The molecule has 0 saturated carbocycles. The van der Waals surface area contributed by atoms with Crippen LogP contribution < -0.4 is 10.0 Å². The van der Waals surface area contributed by atoms with E-state index >= 15 is 0 Å². The molecule has 2 N–H and O–H groups in total. The monoisotopic (exact) mass is 322 g/mol. The molecular weight excluding hydrogens is 304 g/mol. The van der Waals surface area contributed by atoms with Gasteiger partial charge in [0.15, 0.2) is 0 Å². The van der Waals surface area contributed by atoms with Crippen molar-refractivity contribution in [2.24, 2.45) is 0 Å². The molecule has 0 aliphatic heterocycles. The predicted molar refractivity (Wildman–Crippen MR) is 75.2 cm³/mol. The maximum atomic E-state index is 11.7. The lowest BCUT2D eigenvalue weighted by Crippen LogP contribution is -2.36. The lowest BCUT2D eigenvalue weighted by Gasteiger charge is -2.07. The van der Waals surface area contributed by atoms with E-state index < -0.39 is 10.0 Å². The minimum absolute atomic E-state index is 0.0684. The van der Waals surface area contributed by atoms with E-state index in [4.69, 9.17) is 9.47 Å². The van der Waals surface area contributed by atoms with Gasteiger partial charge in [0.05, 0.1) is 13.2 Å². The molecule has 0 fully saturated rings. The van der Waals surface area contributed by atoms with E-state index in [1.165, 1.54) is 6.07 Å². The summed E-state index contributed by atoms with van der Waals surface area (Å²) >= 11 is 1.14. The number of rotatable bonds is 10. The second kappa shape index (κ2) is 9.03. The van der Waals surface area contributed by atoms with Crippen molar-refractivity contribution in [3.05, 3.63) is 17.5 Å². The van der Waals surface area contributed by atoms with Crippen molar-refractivity contribution in [2.75, 3.05) is 40.0 Å². The number of nitrogens with one attached hydrogen (secondary N) is 2. The van der Waals surface area contributed by atoms with E-state index in [0.717, 1.165) is 11.3 Å². The van der Waals surface area contributed by atoms with Gasteiger partial charge in [-0.2, -0.15) is 0 Å². The Kier molecular flexibility index (Phi) is 7.70. The molecule has 0 aliphatic carbocycles. The van der Waals surface area contributed by atoms with Gasteiger partial charge in [0, 0.05) is 20.2 Å². The number of ether oxygens (including phenoxy) is 2. The van der Waals surface area contributed by atoms with Gasteiger partial charge >= 0.3 is 0 Å². The molecule has 1 heterocycles. The van der Waals surface area contributed by atoms with Gasteiger partial charge in [-0.3, -0.25) is 4.79 Å². The van der Waals surface area contributed by atoms with Gasteiger partial charge in [-0.05, 0) is 11.4 Å². The normalized spacial score (nSPS) is 11.4. The SMILES string of the molecule is COCCOCC(=O)NCCNS(=O)(=O)c1cccs1. The zero-order valence-electron chi connectivity index (χ0n) is 11.1. The average molecular weight is 322 g/mol. The van der Waals surface area contributed by atoms with Crippen molar-refractivity contribution < 1.29 is 22.7 Å². The summed E-state index contributed by atoms with van der Waals surface area (Å²) in [5.41, 5.74) is 0. The number of hydrogen-bond donors (Lipinski definition) is 2. The summed E-state index contributed by atoms with van der Waals surface area (Å²) in [6, 6.07) is 3.19. The number of carbonyl (C=O) groups excluding carboxylic acids is 1. The molecular formula is C11H18N2O5S2. The highest BCUT2D eigenvalue weighted by Crippen LogP contribution is 2.14. The Bertz CT molecular complexity index is 487. The number of thiophene rings is 1. The lowest BCUT2D eigenvalue weighted by atomic mass is 10.5. The first-order valence-corrected chi connectivity index (χ1v) is 8.29. The molecule has 9 heteroatoms. The number of methoxy groups -OCH3 is 1. The van der Waals surface area contributed by atoms with Crippen molar-refractivity contribution in [3.63, 3.8) is 0 Å². The van der Waals surface area contributed by atoms with Crippen LogP contribution in [0.3, 0.4) is 0 Å². The van der Waals surface area contributed by atoms with Crippen LogP contribution in [0.5, 0.6) is 0 Å². The molecule has 1 aromatic rings. The van der Waals surface area contributed by atoms with E-state index in [1.54, 1.807) is 18.6 Å². The Morgan fingerprint density at radius 3 is 2.80 bits per heavy atom. The van der Waals surface area contributed by atoms with E-state index in [1.807, 2.05) is 0 Å². The van der Waals surface area contributed by atoms with Crippen LogP contribution in [-0.4, -0.2) is 54.3 Å². The predicted octanol–water partition coefficient (Wildman–Crippen LogP) is -0.194. The van der Waals surface area contributed by atoms with Gasteiger partial charge < -0.3 is 14.8 Å². The van der Waals surface area contributed by atoms with Gasteiger partial charge in [-0.15, -0.1) is 11.3 Å². The number of sulfonamides is 1. The third-order valence-corrected chi connectivity index (χ3v) is 5.02. The first-order chi connectivity index (χ1) is 9.56. The zero-order valence-corrected chi connectivity index (χ0v) is 12.8. The molecule has 1 rings (SSSR count). The molecule has 0 aliphatic rings. The van der Waals surface area contributed by atoms with E-state index in [2.05, 4.69) is 10.0 Å². The Labute approximate surface area is 122 Å². The summed E-state index contributed by atoms with van der Waals surface area (Å²) in [7, 11) is -1.92. The summed E-state index contributed by atoms with van der Waals surface area (Å²) < 4.78 is 35.9. The van der Waals surface area contributed by atoms with Crippen LogP contribution in [-0.2, 0) is 24.3 Å². The second-order valence-corrected chi connectivity index (χ2v) is 6.67. The summed E-state index contributed by atoms with van der Waals surface area (Å²) in [4.78, 5) is 11.3. The van der Waals surface area contributed by atoms with Crippen LogP contribution in [0.2, 0.25) is 0 Å². The van der Waals surface area contributed by atoms with Crippen LogP contribution in [0.25, 0.3) is 0 Å². The molecule has 0 bridgehead atoms. The summed E-state index contributed by atoms with van der Waals surface area (Å²) in [5.74, 6) is -0.295. The summed E-state index contributed by atoms with van der Waals surface area (Å²) in [5, 5.41) is 4.24. The number of hydrogen-bond acceptors (Lipinski definition) is 6. The highest BCUT2D eigenvalue weighted by atomic mass is 32.2. The van der Waals surface area contributed by atoms with Crippen molar-refractivity contribution >= 4 is 27.3 Å². The molecule has 1 aromatic heterocycles. The van der Waals surface area contributed by atoms with Gasteiger partial charge in [-0.25, -0.2) is 13.1 Å². The number of amides is 1. The fraction of sp³-hybridized carbons (Fsp3) is 0.545. The van der Waals surface area contributed by atoms with Crippen LogP contribution in [0, 0.1) is 0 Å². The molecule has 0 radical (unpaired) electrons. The Morgan fingerprint density at radius 1 is 1.35 bits per heavy atom. The fourth-order valence-electron chi connectivity index (χ4n) is 1.23. The summed E-state index contributed by atoms with van der Waals surface area (Å²) in [6.07, 6.45) is 0. The van der Waals surface area contributed by atoms with E-state index in [-0.39, 0.29) is 29.8 Å². The van der Waals surface area contributed by atoms with Crippen molar-refractivity contribution in [1.82, 2.24) is 10.0 Å². The third kappa shape index (κ3) is 6.44. The largest absolute Gasteiger partial charge is 0.382 e. The standard InChI is InChI=1S/C11H18N2O5S2/c1-17-6-7-18-9-10(14)12-4-5-13-20(15,16)11-3-2-8-19-11/h2-3,8,13H,4-7,9H2,1H3,(H,12,14). The molecule has 0 saturated heterocycles. The first kappa shape index (κ1) is 17.1. The molecule has 0 aromatic carbocycles. The molecule has 0 atom stereocenters. The fourth-order valence-corrected chi connectivity index (χ4v) is 3.30. The summed E-state index contributed by atoms with van der Waals surface area (Å²) in [6.45, 7) is 1.03. The van der Waals surface area contributed by atoms with Crippen molar-refractivity contribution in [1.29, 1.82) is 0 Å². The Balaban J connectivity index is 2.14. The third-order valence-electron chi connectivity index (χ3n) is 2.16. The van der Waals surface area contributed by atoms with Crippen molar-refractivity contribution in [3.8, 4) is 0 Å². The molecule has 114 valence electrons. The average Bonchev–Trinajstić information content (AvgIpc) is 2.95. The maximum absolute atomic E-state index is 11.7. The Morgan fingerprint density at radius 2 is 2.15 bits per heavy atom. The molecule has 1 amide bonds. The van der Waals surface area contributed by atoms with E-state index in [0.29, 0.717) is 13.2 Å². The van der Waals surface area contributed by atoms with Gasteiger partial charge in [0.1, 0.15) is 10.8 Å². The van der Waals surface area contributed by atoms with Crippen LogP contribution in [0.15, 0.2) is 21.7 Å². The van der Waals surface area contributed by atoms with Crippen LogP contribution in [0.1, 0.15) is 0 Å². The highest BCUT2D eigenvalue weighted by molar-refractivity contribution is 7.91. The zero-order chi connectivity index (χ0) is 14.8. The van der Waals surface area contributed by atoms with Gasteiger partial charge in [0.2, 0.25) is 15.9 Å². The lowest BCUT2D eigenvalue weighted by molar-refractivity contribution is -0.126. The highest BCUT2D eigenvalue weighted by Gasteiger charge is 2.13. The van der Waals surface area contributed by atoms with Crippen LogP contribution in [0.4, 0.5) is 0 Å². The maximum Gasteiger partial charge on any atom is 0.250 e. The number of carbonyl (C=O) groups is 1. The smallest absolute Gasteiger partial charge is 0.250 e. The first-order valence-electron chi connectivity index (χ1n) is 5.93.